The van der Waals surface area contributed by atoms with Crippen LogP contribution in [0.1, 0.15) is 4.88 Å². The van der Waals surface area contributed by atoms with Gasteiger partial charge >= 0.3 is 0 Å². The van der Waals surface area contributed by atoms with Gasteiger partial charge in [0.15, 0.2) is 0 Å². The minimum Gasteiger partial charge on any atom is -0.207 e. The SMILES string of the molecule is Cc1snc(-c2ccc(F)cc2)c1-c1ccccc1. The summed E-state index contributed by atoms with van der Waals surface area (Å²) in [4.78, 5) is 1.17. The predicted molar refractivity (Wildman–Crippen MR) is 77.7 cm³/mol. The lowest BCUT2D eigenvalue weighted by atomic mass is 10.00. The Morgan fingerprint density at radius 3 is 2.26 bits per heavy atom. The second kappa shape index (κ2) is 4.94. The normalized spacial score (nSPS) is 10.6. The van der Waals surface area contributed by atoms with Crippen molar-refractivity contribution in [2.45, 2.75) is 6.92 Å². The number of nitrogens with zero attached hydrogens (tertiary/aromatic N) is 1. The molecular weight excluding hydrogens is 257 g/mol. The molecule has 0 saturated carbocycles. The number of aromatic nitrogens is 1. The Morgan fingerprint density at radius 2 is 1.58 bits per heavy atom. The van der Waals surface area contributed by atoms with Crippen molar-refractivity contribution in [2.75, 3.05) is 0 Å². The van der Waals surface area contributed by atoms with Gasteiger partial charge in [-0.1, -0.05) is 30.3 Å². The highest BCUT2D eigenvalue weighted by Gasteiger charge is 2.14. The zero-order valence-corrected chi connectivity index (χ0v) is 11.2. The molecule has 0 atom stereocenters. The lowest BCUT2D eigenvalue weighted by molar-refractivity contribution is 0.628. The summed E-state index contributed by atoms with van der Waals surface area (Å²) in [6.07, 6.45) is 0. The zero-order valence-electron chi connectivity index (χ0n) is 10.4. The Morgan fingerprint density at radius 1 is 0.895 bits per heavy atom. The van der Waals surface area contributed by atoms with Gasteiger partial charge in [0.1, 0.15) is 5.82 Å². The first-order chi connectivity index (χ1) is 9.25. The Bertz CT molecular complexity index is 687. The van der Waals surface area contributed by atoms with Crippen LogP contribution in [0.3, 0.4) is 0 Å². The first-order valence-electron chi connectivity index (χ1n) is 6.03. The minimum atomic E-state index is -0.225. The summed E-state index contributed by atoms with van der Waals surface area (Å²) in [5.41, 5.74) is 4.16. The van der Waals surface area contributed by atoms with Gasteiger partial charge in [0.05, 0.1) is 5.69 Å². The van der Waals surface area contributed by atoms with E-state index < -0.39 is 0 Å². The monoisotopic (exact) mass is 269 g/mol. The third-order valence-corrected chi connectivity index (χ3v) is 3.79. The molecule has 0 radical (unpaired) electrons. The number of halogens is 1. The van der Waals surface area contributed by atoms with Gasteiger partial charge in [0, 0.05) is 16.0 Å². The number of aryl methyl sites for hydroxylation is 1. The van der Waals surface area contributed by atoms with E-state index in [9.17, 15) is 4.39 Å². The van der Waals surface area contributed by atoms with Crippen LogP contribution in [0.4, 0.5) is 4.39 Å². The van der Waals surface area contributed by atoms with E-state index in [0.717, 1.165) is 22.4 Å². The highest BCUT2D eigenvalue weighted by molar-refractivity contribution is 7.06. The molecule has 3 rings (SSSR count). The van der Waals surface area contributed by atoms with Gasteiger partial charge in [0.25, 0.3) is 0 Å². The molecule has 0 aliphatic heterocycles. The molecule has 0 unspecified atom stereocenters. The maximum absolute atomic E-state index is 13.0. The van der Waals surface area contributed by atoms with E-state index in [-0.39, 0.29) is 5.82 Å². The van der Waals surface area contributed by atoms with E-state index >= 15 is 0 Å². The molecule has 0 N–H and O–H groups in total. The van der Waals surface area contributed by atoms with Crippen LogP contribution in [0.5, 0.6) is 0 Å². The molecule has 0 aliphatic rings. The third kappa shape index (κ3) is 2.29. The van der Waals surface area contributed by atoms with Crippen molar-refractivity contribution in [3.05, 3.63) is 65.3 Å². The van der Waals surface area contributed by atoms with E-state index in [4.69, 9.17) is 0 Å². The van der Waals surface area contributed by atoms with Crippen molar-refractivity contribution >= 4 is 11.5 Å². The zero-order chi connectivity index (χ0) is 13.2. The number of hydrogen-bond donors (Lipinski definition) is 0. The fourth-order valence-corrected chi connectivity index (χ4v) is 2.85. The smallest absolute Gasteiger partial charge is 0.123 e. The van der Waals surface area contributed by atoms with Crippen molar-refractivity contribution in [1.82, 2.24) is 4.37 Å². The van der Waals surface area contributed by atoms with Crippen LogP contribution in [0.15, 0.2) is 54.6 Å². The molecule has 2 aromatic carbocycles. The summed E-state index contributed by atoms with van der Waals surface area (Å²) in [5.74, 6) is -0.225. The number of benzene rings is 2. The molecule has 0 amide bonds. The highest BCUT2D eigenvalue weighted by Crippen LogP contribution is 2.36. The van der Waals surface area contributed by atoms with Crippen LogP contribution in [-0.2, 0) is 0 Å². The van der Waals surface area contributed by atoms with Gasteiger partial charge < -0.3 is 0 Å². The van der Waals surface area contributed by atoms with Gasteiger partial charge in [-0.2, -0.15) is 4.37 Å². The molecule has 1 nitrogen and oxygen atoms in total. The molecule has 3 aromatic rings. The molecule has 1 heterocycles. The van der Waals surface area contributed by atoms with E-state index in [2.05, 4.69) is 23.4 Å². The minimum absolute atomic E-state index is 0.225. The summed E-state index contributed by atoms with van der Waals surface area (Å²) >= 11 is 1.48. The quantitative estimate of drug-likeness (QED) is 0.643. The molecule has 1 aromatic heterocycles. The predicted octanol–water partition coefficient (Wildman–Crippen LogP) is 4.92. The fraction of sp³-hybridized carbons (Fsp3) is 0.0625. The maximum atomic E-state index is 13.0. The highest BCUT2D eigenvalue weighted by atomic mass is 32.1. The van der Waals surface area contributed by atoms with Crippen LogP contribution in [0.25, 0.3) is 22.4 Å². The molecule has 94 valence electrons. The Hall–Kier alpha value is -2.00. The molecule has 0 fully saturated rings. The van der Waals surface area contributed by atoms with E-state index in [1.165, 1.54) is 28.5 Å². The van der Waals surface area contributed by atoms with Crippen LogP contribution in [0.2, 0.25) is 0 Å². The first-order valence-corrected chi connectivity index (χ1v) is 6.80. The lowest BCUT2D eigenvalue weighted by Crippen LogP contribution is -1.84. The van der Waals surface area contributed by atoms with Gasteiger partial charge in [-0.3, -0.25) is 0 Å². The largest absolute Gasteiger partial charge is 0.207 e. The topological polar surface area (TPSA) is 12.9 Å². The summed E-state index contributed by atoms with van der Waals surface area (Å²) in [6, 6.07) is 16.7. The van der Waals surface area contributed by atoms with Crippen LogP contribution >= 0.6 is 11.5 Å². The molecule has 0 saturated heterocycles. The Balaban J connectivity index is 2.16. The van der Waals surface area contributed by atoms with Gasteiger partial charge in [-0.15, -0.1) is 0 Å². The lowest BCUT2D eigenvalue weighted by Gasteiger charge is -2.04. The second-order valence-corrected chi connectivity index (χ2v) is 5.31. The average Bonchev–Trinajstić information content (AvgIpc) is 2.82. The van der Waals surface area contributed by atoms with E-state index in [1.54, 1.807) is 12.1 Å². The van der Waals surface area contributed by atoms with Gasteiger partial charge in [-0.05, 0) is 48.3 Å². The van der Waals surface area contributed by atoms with Crippen LogP contribution in [-0.4, -0.2) is 4.37 Å². The van der Waals surface area contributed by atoms with Crippen molar-refractivity contribution in [1.29, 1.82) is 0 Å². The number of rotatable bonds is 2. The van der Waals surface area contributed by atoms with Crippen LogP contribution in [0, 0.1) is 12.7 Å². The molecule has 0 bridgehead atoms. The molecule has 0 aliphatic carbocycles. The molecule has 3 heteroatoms. The van der Waals surface area contributed by atoms with Crippen molar-refractivity contribution in [3.8, 4) is 22.4 Å². The van der Waals surface area contributed by atoms with Gasteiger partial charge in [0.2, 0.25) is 0 Å². The second-order valence-electron chi connectivity index (χ2n) is 4.34. The van der Waals surface area contributed by atoms with Crippen molar-refractivity contribution in [2.24, 2.45) is 0 Å². The standard InChI is InChI=1S/C16H12FNS/c1-11-15(12-5-3-2-4-6-12)16(18-19-11)13-7-9-14(17)10-8-13/h2-10H,1H3. The molecular formula is C16H12FNS. The average molecular weight is 269 g/mol. The third-order valence-electron chi connectivity index (χ3n) is 3.04. The summed E-state index contributed by atoms with van der Waals surface area (Å²) in [5, 5.41) is 0. The van der Waals surface area contributed by atoms with Crippen molar-refractivity contribution in [3.63, 3.8) is 0 Å². The fourth-order valence-electron chi connectivity index (χ4n) is 2.12. The van der Waals surface area contributed by atoms with Crippen molar-refractivity contribution < 1.29 is 4.39 Å². The summed E-state index contributed by atoms with van der Waals surface area (Å²) < 4.78 is 17.5. The molecule has 0 spiro atoms. The molecule has 19 heavy (non-hydrogen) atoms. The Kier molecular flexibility index (Phi) is 3.13. The number of hydrogen-bond acceptors (Lipinski definition) is 2. The van der Waals surface area contributed by atoms with E-state index in [1.807, 2.05) is 18.2 Å². The van der Waals surface area contributed by atoms with Gasteiger partial charge in [-0.25, -0.2) is 4.39 Å². The summed E-state index contributed by atoms with van der Waals surface area (Å²) in [7, 11) is 0. The van der Waals surface area contributed by atoms with Crippen LogP contribution < -0.4 is 0 Å². The first kappa shape index (κ1) is 12.1. The maximum Gasteiger partial charge on any atom is 0.123 e. The Labute approximate surface area is 115 Å². The van der Waals surface area contributed by atoms with E-state index in [0.29, 0.717) is 0 Å². The summed E-state index contributed by atoms with van der Waals surface area (Å²) in [6.45, 7) is 2.06.